The fourth-order valence-corrected chi connectivity index (χ4v) is 4.04. The normalized spacial score (nSPS) is 11.3. The lowest BCUT2D eigenvalue weighted by Gasteiger charge is -2.08. The molecule has 0 radical (unpaired) electrons. The number of hydrogen-bond acceptors (Lipinski definition) is 3. The molecule has 0 unspecified atom stereocenters. The Morgan fingerprint density at radius 2 is 1.76 bits per heavy atom. The van der Waals surface area contributed by atoms with Gasteiger partial charge in [-0.05, 0) is 58.5 Å². The van der Waals surface area contributed by atoms with E-state index >= 15 is 0 Å². The maximum Gasteiger partial charge on any atom is 0.335 e. The molecule has 2 aromatic carbocycles. The molecule has 110 valence electrons. The van der Waals surface area contributed by atoms with Crippen molar-refractivity contribution in [3.63, 3.8) is 0 Å². The smallest absolute Gasteiger partial charge is 0.335 e. The van der Waals surface area contributed by atoms with Crippen molar-refractivity contribution in [2.45, 2.75) is 10.6 Å². The van der Waals surface area contributed by atoms with Gasteiger partial charge in [0.15, 0.2) is 9.84 Å². The summed E-state index contributed by atoms with van der Waals surface area (Å²) in [6.07, 6.45) is 0. The number of carbonyl (C=O) groups is 1. The van der Waals surface area contributed by atoms with Crippen molar-refractivity contribution in [2.24, 2.45) is 0 Å². The van der Waals surface area contributed by atoms with Gasteiger partial charge in [-0.2, -0.15) is 0 Å². The second kappa shape index (κ2) is 6.33. The van der Waals surface area contributed by atoms with Crippen LogP contribution in [0.2, 0.25) is 5.02 Å². The van der Waals surface area contributed by atoms with Crippen LogP contribution in [0, 0.1) is 3.57 Å². The minimum absolute atomic E-state index is 0.0190. The van der Waals surface area contributed by atoms with Crippen LogP contribution in [0.25, 0.3) is 0 Å². The summed E-state index contributed by atoms with van der Waals surface area (Å²) < 4.78 is 25.8. The molecule has 0 aliphatic carbocycles. The molecule has 21 heavy (non-hydrogen) atoms. The molecular weight excluding hydrogens is 427 g/mol. The Labute approximate surface area is 140 Å². The standard InChI is InChI=1S/C14H10ClIO4S/c15-12-6-3-10(14(17)18)7-13(12)21(19,20)8-9-1-4-11(16)5-2-9/h1-7H,8H2,(H,17,18). The van der Waals surface area contributed by atoms with E-state index in [-0.39, 0.29) is 21.2 Å². The molecule has 4 nitrogen and oxygen atoms in total. The van der Waals surface area contributed by atoms with Gasteiger partial charge in [0.25, 0.3) is 0 Å². The van der Waals surface area contributed by atoms with Crippen LogP contribution in [-0.2, 0) is 15.6 Å². The first kappa shape index (κ1) is 16.3. The molecule has 0 bridgehead atoms. The predicted molar refractivity (Wildman–Crippen MR) is 88.5 cm³/mol. The van der Waals surface area contributed by atoms with Crippen LogP contribution in [0.3, 0.4) is 0 Å². The molecule has 0 atom stereocenters. The number of carboxylic acid groups (broad SMARTS) is 1. The Bertz CT molecular complexity index is 785. The van der Waals surface area contributed by atoms with Crippen LogP contribution in [0.5, 0.6) is 0 Å². The Morgan fingerprint density at radius 3 is 2.33 bits per heavy atom. The highest BCUT2D eigenvalue weighted by Gasteiger charge is 2.20. The average Bonchev–Trinajstić information content (AvgIpc) is 2.41. The van der Waals surface area contributed by atoms with Crippen LogP contribution in [-0.4, -0.2) is 19.5 Å². The summed E-state index contributed by atoms with van der Waals surface area (Å²) >= 11 is 8.03. The van der Waals surface area contributed by atoms with Gasteiger partial charge in [-0.25, -0.2) is 13.2 Å². The number of aromatic carboxylic acids is 1. The van der Waals surface area contributed by atoms with E-state index < -0.39 is 15.8 Å². The van der Waals surface area contributed by atoms with E-state index in [4.69, 9.17) is 16.7 Å². The van der Waals surface area contributed by atoms with Gasteiger partial charge in [0, 0.05) is 3.57 Å². The summed E-state index contributed by atoms with van der Waals surface area (Å²) in [7, 11) is -3.71. The quantitative estimate of drug-likeness (QED) is 0.743. The summed E-state index contributed by atoms with van der Waals surface area (Å²) in [6.45, 7) is 0. The van der Waals surface area contributed by atoms with E-state index in [1.54, 1.807) is 24.3 Å². The number of rotatable bonds is 4. The highest BCUT2D eigenvalue weighted by molar-refractivity contribution is 14.1. The summed E-state index contributed by atoms with van der Waals surface area (Å²) in [4.78, 5) is 10.8. The van der Waals surface area contributed by atoms with Crippen LogP contribution in [0.15, 0.2) is 47.4 Å². The third-order valence-electron chi connectivity index (χ3n) is 2.78. The lowest BCUT2D eigenvalue weighted by atomic mass is 10.2. The minimum Gasteiger partial charge on any atom is -0.478 e. The highest BCUT2D eigenvalue weighted by Crippen LogP contribution is 2.26. The number of sulfone groups is 1. The molecule has 0 heterocycles. The summed E-state index contributed by atoms with van der Waals surface area (Å²) in [5.41, 5.74) is 0.507. The third-order valence-corrected chi connectivity index (χ3v) is 5.67. The maximum absolute atomic E-state index is 12.4. The lowest BCUT2D eigenvalue weighted by Crippen LogP contribution is -2.07. The van der Waals surface area contributed by atoms with E-state index in [1.807, 2.05) is 0 Å². The second-order valence-corrected chi connectivity index (χ2v) is 7.95. The average molecular weight is 437 g/mol. The number of benzene rings is 2. The molecule has 2 aromatic rings. The zero-order valence-corrected chi connectivity index (χ0v) is 14.3. The first-order chi connectivity index (χ1) is 9.79. The fraction of sp³-hybridized carbons (Fsp3) is 0.0714. The van der Waals surface area contributed by atoms with E-state index in [1.165, 1.54) is 12.1 Å². The highest BCUT2D eigenvalue weighted by atomic mass is 127. The van der Waals surface area contributed by atoms with E-state index in [0.717, 1.165) is 9.64 Å². The molecular formula is C14H10ClIO4S. The van der Waals surface area contributed by atoms with Crippen LogP contribution in [0.4, 0.5) is 0 Å². The van der Waals surface area contributed by atoms with Crippen molar-refractivity contribution in [3.05, 3.63) is 62.2 Å². The predicted octanol–water partition coefficient (Wildman–Crippen LogP) is 3.62. The molecule has 0 aliphatic rings. The lowest BCUT2D eigenvalue weighted by molar-refractivity contribution is 0.0696. The van der Waals surface area contributed by atoms with Gasteiger partial charge < -0.3 is 5.11 Å². The first-order valence-electron chi connectivity index (χ1n) is 5.79. The SMILES string of the molecule is O=C(O)c1ccc(Cl)c(S(=O)(=O)Cc2ccc(I)cc2)c1. The van der Waals surface area contributed by atoms with Crippen LogP contribution in [0.1, 0.15) is 15.9 Å². The van der Waals surface area contributed by atoms with Crippen molar-refractivity contribution in [2.75, 3.05) is 0 Å². The molecule has 1 N–H and O–H groups in total. The van der Waals surface area contributed by atoms with Crippen molar-refractivity contribution in [1.29, 1.82) is 0 Å². The Balaban J connectivity index is 2.41. The van der Waals surface area contributed by atoms with Gasteiger partial charge in [-0.3, -0.25) is 0 Å². The number of carboxylic acids is 1. The monoisotopic (exact) mass is 436 g/mol. The zero-order valence-electron chi connectivity index (χ0n) is 10.6. The summed E-state index contributed by atoms with van der Waals surface area (Å²) in [6, 6.07) is 10.7. The van der Waals surface area contributed by atoms with Gasteiger partial charge >= 0.3 is 5.97 Å². The molecule has 0 saturated heterocycles. The third kappa shape index (κ3) is 3.96. The van der Waals surface area contributed by atoms with Crippen molar-refractivity contribution in [1.82, 2.24) is 0 Å². The van der Waals surface area contributed by atoms with Gasteiger partial charge in [-0.15, -0.1) is 0 Å². The number of halogens is 2. The molecule has 0 aromatic heterocycles. The molecule has 0 fully saturated rings. The summed E-state index contributed by atoms with van der Waals surface area (Å²) in [5, 5.41) is 8.97. The molecule has 0 spiro atoms. The van der Waals surface area contributed by atoms with Gasteiger partial charge in [0.05, 0.1) is 21.2 Å². The Morgan fingerprint density at radius 1 is 1.14 bits per heavy atom. The number of hydrogen-bond donors (Lipinski definition) is 1. The van der Waals surface area contributed by atoms with Crippen molar-refractivity contribution in [3.8, 4) is 0 Å². The molecule has 2 rings (SSSR count). The second-order valence-electron chi connectivity index (χ2n) is 4.34. The first-order valence-corrected chi connectivity index (χ1v) is 8.90. The Kier molecular flexibility index (Phi) is 4.90. The van der Waals surface area contributed by atoms with Crippen LogP contribution >= 0.6 is 34.2 Å². The van der Waals surface area contributed by atoms with E-state index in [9.17, 15) is 13.2 Å². The van der Waals surface area contributed by atoms with Gasteiger partial charge in [0.1, 0.15) is 0 Å². The molecule has 0 amide bonds. The topological polar surface area (TPSA) is 71.4 Å². The zero-order chi connectivity index (χ0) is 15.6. The van der Waals surface area contributed by atoms with Crippen LogP contribution < -0.4 is 0 Å². The largest absolute Gasteiger partial charge is 0.478 e. The fourth-order valence-electron chi connectivity index (χ4n) is 1.75. The Hall–Kier alpha value is -1.12. The van der Waals surface area contributed by atoms with Crippen molar-refractivity contribution >= 4 is 50.0 Å². The molecule has 0 saturated carbocycles. The molecule has 0 aliphatic heterocycles. The van der Waals surface area contributed by atoms with E-state index in [0.29, 0.717) is 5.56 Å². The van der Waals surface area contributed by atoms with Gasteiger partial charge in [0.2, 0.25) is 0 Å². The van der Waals surface area contributed by atoms with E-state index in [2.05, 4.69) is 22.6 Å². The maximum atomic E-state index is 12.4. The minimum atomic E-state index is -3.71. The van der Waals surface area contributed by atoms with Gasteiger partial charge in [-0.1, -0.05) is 23.7 Å². The molecule has 7 heteroatoms. The summed E-state index contributed by atoms with van der Waals surface area (Å²) in [5.74, 6) is -1.43. The van der Waals surface area contributed by atoms with Crippen molar-refractivity contribution < 1.29 is 18.3 Å².